The molecule has 0 radical (unpaired) electrons. The van der Waals surface area contributed by atoms with Crippen LogP contribution >= 0.6 is 0 Å². The van der Waals surface area contributed by atoms with Gasteiger partial charge in [-0.05, 0) is 45.1 Å². The van der Waals surface area contributed by atoms with E-state index in [9.17, 15) is 4.79 Å². The van der Waals surface area contributed by atoms with Gasteiger partial charge in [0.2, 0.25) is 0 Å². The molecule has 1 rings (SSSR count). The fourth-order valence-corrected chi connectivity index (χ4v) is 3.24. The summed E-state index contributed by atoms with van der Waals surface area (Å²) in [5.41, 5.74) is 0. The van der Waals surface area contributed by atoms with Crippen molar-refractivity contribution in [2.24, 2.45) is 11.8 Å². The largest absolute Gasteiger partial charge is 0.481 e. The zero-order valence-electron chi connectivity index (χ0n) is 12.4. The highest BCUT2D eigenvalue weighted by Gasteiger charge is 2.32. The van der Waals surface area contributed by atoms with Gasteiger partial charge in [-0.15, -0.1) is 0 Å². The first-order valence-corrected chi connectivity index (χ1v) is 7.41. The molecular formula is C15H29NO2. The zero-order valence-corrected chi connectivity index (χ0v) is 12.4. The topological polar surface area (TPSA) is 40.5 Å². The summed E-state index contributed by atoms with van der Waals surface area (Å²) in [4.78, 5) is 13.2. The first-order valence-electron chi connectivity index (χ1n) is 7.41. The minimum absolute atomic E-state index is 0.292. The average molecular weight is 255 g/mol. The Labute approximate surface area is 112 Å². The fraction of sp³-hybridized carbons (Fsp3) is 0.933. The summed E-state index contributed by atoms with van der Waals surface area (Å²) in [6.45, 7) is 10.1. The van der Waals surface area contributed by atoms with Gasteiger partial charge in [0.15, 0.2) is 0 Å². The van der Waals surface area contributed by atoms with Gasteiger partial charge in [-0.2, -0.15) is 0 Å². The summed E-state index contributed by atoms with van der Waals surface area (Å²) in [5.74, 6) is 0.846. The molecule has 3 unspecified atom stereocenters. The van der Waals surface area contributed by atoms with Crippen molar-refractivity contribution in [1.29, 1.82) is 0 Å². The molecule has 3 atom stereocenters. The number of carboxylic acids is 1. The highest BCUT2D eigenvalue weighted by molar-refractivity contribution is 5.66. The third kappa shape index (κ3) is 4.27. The van der Waals surface area contributed by atoms with Crippen LogP contribution in [0.25, 0.3) is 0 Å². The lowest BCUT2D eigenvalue weighted by atomic mass is 9.77. The highest BCUT2D eigenvalue weighted by Crippen LogP contribution is 2.33. The Morgan fingerprint density at radius 1 is 1.33 bits per heavy atom. The maximum Gasteiger partial charge on any atom is 0.303 e. The summed E-state index contributed by atoms with van der Waals surface area (Å²) in [6, 6.07) is 1.15. The van der Waals surface area contributed by atoms with Crippen molar-refractivity contribution in [3.63, 3.8) is 0 Å². The summed E-state index contributed by atoms with van der Waals surface area (Å²) in [7, 11) is 0. The van der Waals surface area contributed by atoms with Gasteiger partial charge in [-0.25, -0.2) is 0 Å². The third-order valence-electron chi connectivity index (χ3n) is 4.56. The summed E-state index contributed by atoms with van der Waals surface area (Å²) in [5, 5.41) is 8.75. The Bertz CT molecular complexity index is 265. The molecule has 1 aliphatic rings. The lowest BCUT2D eigenvalue weighted by Gasteiger charge is -2.43. The van der Waals surface area contributed by atoms with E-state index >= 15 is 0 Å². The standard InChI is InChI=1S/C15H29NO2/c1-11(2)16(10-6-9-15(17)18)14-8-5-7-12(3)13(14)4/h11-14H,5-10H2,1-4H3,(H,17,18). The number of rotatable bonds is 6. The van der Waals surface area contributed by atoms with Crippen molar-refractivity contribution >= 4 is 5.97 Å². The lowest BCUT2D eigenvalue weighted by molar-refractivity contribution is -0.137. The maximum absolute atomic E-state index is 10.6. The summed E-state index contributed by atoms with van der Waals surface area (Å²) >= 11 is 0. The number of aliphatic carboxylic acids is 1. The molecular weight excluding hydrogens is 226 g/mol. The lowest BCUT2D eigenvalue weighted by Crippen LogP contribution is -2.47. The van der Waals surface area contributed by atoms with E-state index in [1.54, 1.807) is 0 Å². The summed E-state index contributed by atoms with van der Waals surface area (Å²) in [6.07, 6.45) is 5.00. The normalized spacial score (nSPS) is 28.9. The van der Waals surface area contributed by atoms with Crippen molar-refractivity contribution in [3.8, 4) is 0 Å². The van der Waals surface area contributed by atoms with E-state index in [1.807, 2.05) is 0 Å². The molecule has 0 heterocycles. The minimum atomic E-state index is -0.677. The van der Waals surface area contributed by atoms with Crippen LogP contribution in [0.15, 0.2) is 0 Å². The van der Waals surface area contributed by atoms with E-state index in [4.69, 9.17) is 5.11 Å². The Hall–Kier alpha value is -0.570. The van der Waals surface area contributed by atoms with Gasteiger partial charge in [0.1, 0.15) is 0 Å². The van der Waals surface area contributed by atoms with Crippen molar-refractivity contribution in [3.05, 3.63) is 0 Å². The number of hydrogen-bond acceptors (Lipinski definition) is 2. The molecule has 106 valence electrons. The monoisotopic (exact) mass is 255 g/mol. The van der Waals surface area contributed by atoms with Gasteiger partial charge in [-0.1, -0.05) is 26.7 Å². The Kier molecular flexibility index (Phi) is 6.13. The van der Waals surface area contributed by atoms with E-state index < -0.39 is 5.97 Å². The van der Waals surface area contributed by atoms with Crippen molar-refractivity contribution < 1.29 is 9.90 Å². The first-order chi connectivity index (χ1) is 8.43. The van der Waals surface area contributed by atoms with Gasteiger partial charge < -0.3 is 5.11 Å². The molecule has 1 N–H and O–H groups in total. The molecule has 1 saturated carbocycles. The van der Waals surface area contributed by atoms with Crippen molar-refractivity contribution in [1.82, 2.24) is 4.90 Å². The van der Waals surface area contributed by atoms with Crippen LogP contribution in [-0.2, 0) is 4.79 Å². The molecule has 1 fully saturated rings. The molecule has 0 bridgehead atoms. The molecule has 0 saturated heterocycles. The summed E-state index contributed by atoms with van der Waals surface area (Å²) < 4.78 is 0. The minimum Gasteiger partial charge on any atom is -0.481 e. The van der Waals surface area contributed by atoms with Crippen LogP contribution in [0, 0.1) is 11.8 Å². The van der Waals surface area contributed by atoms with E-state index in [-0.39, 0.29) is 0 Å². The van der Waals surface area contributed by atoms with Crippen LogP contribution < -0.4 is 0 Å². The Morgan fingerprint density at radius 3 is 2.56 bits per heavy atom. The predicted octanol–water partition coefficient (Wildman–Crippen LogP) is 3.39. The fourth-order valence-electron chi connectivity index (χ4n) is 3.24. The number of carbonyl (C=O) groups is 1. The Balaban J connectivity index is 2.57. The molecule has 0 spiro atoms. The molecule has 1 aliphatic carbocycles. The molecule has 0 aromatic carbocycles. The van der Waals surface area contributed by atoms with Crippen LogP contribution in [-0.4, -0.2) is 34.6 Å². The molecule has 0 aromatic rings. The number of carboxylic acid groups (broad SMARTS) is 1. The second kappa shape index (κ2) is 7.13. The molecule has 18 heavy (non-hydrogen) atoms. The second-order valence-corrected chi connectivity index (χ2v) is 6.16. The smallest absolute Gasteiger partial charge is 0.303 e. The van der Waals surface area contributed by atoms with Crippen LogP contribution in [0.5, 0.6) is 0 Å². The van der Waals surface area contributed by atoms with E-state index in [2.05, 4.69) is 32.6 Å². The zero-order chi connectivity index (χ0) is 13.7. The predicted molar refractivity (Wildman–Crippen MR) is 74.7 cm³/mol. The first kappa shape index (κ1) is 15.5. The molecule has 0 aliphatic heterocycles. The van der Waals surface area contributed by atoms with Gasteiger partial charge in [0.25, 0.3) is 0 Å². The maximum atomic E-state index is 10.6. The van der Waals surface area contributed by atoms with Crippen LogP contribution in [0.1, 0.15) is 59.8 Å². The SMILES string of the molecule is CC1CCCC(N(CCCC(=O)O)C(C)C)C1C. The van der Waals surface area contributed by atoms with Gasteiger partial charge >= 0.3 is 5.97 Å². The van der Waals surface area contributed by atoms with Crippen molar-refractivity contribution in [2.75, 3.05) is 6.54 Å². The second-order valence-electron chi connectivity index (χ2n) is 6.16. The average Bonchev–Trinajstić information content (AvgIpc) is 2.28. The van der Waals surface area contributed by atoms with Gasteiger partial charge in [0.05, 0.1) is 0 Å². The van der Waals surface area contributed by atoms with E-state index in [0.717, 1.165) is 24.8 Å². The quantitative estimate of drug-likeness (QED) is 0.791. The van der Waals surface area contributed by atoms with Crippen molar-refractivity contribution in [2.45, 2.75) is 71.9 Å². The van der Waals surface area contributed by atoms with Crippen LogP contribution in [0.4, 0.5) is 0 Å². The molecule has 3 heteroatoms. The van der Waals surface area contributed by atoms with Crippen LogP contribution in [0.3, 0.4) is 0 Å². The number of hydrogen-bond donors (Lipinski definition) is 1. The molecule has 0 aromatic heterocycles. The third-order valence-corrected chi connectivity index (χ3v) is 4.56. The van der Waals surface area contributed by atoms with Crippen LogP contribution in [0.2, 0.25) is 0 Å². The van der Waals surface area contributed by atoms with E-state index in [0.29, 0.717) is 18.5 Å². The number of nitrogens with zero attached hydrogens (tertiary/aromatic N) is 1. The van der Waals surface area contributed by atoms with E-state index in [1.165, 1.54) is 19.3 Å². The van der Waals surface area contributed by atoms with Gasteiger partial charge in [-0.3, -0.25) is 9.69 Å². The molecule has 3 nitrogen and oxygen atoms in total. The molecule has 0 amide bonds. The Morgan fingerprint density at radius 2 is 2.00 bits per heavy atom. The highest BCUT2D eigenvalue weighted by atomic mass is 16.4. The van der Waals surface area contributed by atoms with Gasteiger partial charge in [0, 0.05) is 18.5 Å².